The molecular weight excluding hydrogens is 446 g/mol. The van der Waals surface area contributed by atoms with Gasteiger partial charge in [-0.15, -0.1) is 5.10 Å². The number of nitrogens with zero attached hydrogens (tertiary/aromatic N) is 6. The largest absolute Gasteiger partial charge is 0.481 e. The van der Waals surface area contributed by atoms with Crippen LogP contribution in [0.1, 0.15) is 17.0 Å². The molecule has 4 heterocycles. The molecule has 10 nitrogen and oxygen atoms in total. The molecule has 0 amide bonds. The standard InChI is InChI=1S/C25H23N7O3/c1-15-8-9-18(27-12-15)13-31-25(34)32-23(30-31)21(17-10-19(14-33)28-20(11-17)35-2)22(29-24(32)26)16-6-4-3-5-7-16/h3-12,33H,13-14H2,1-2H3,(H2,26,29). The summed E-state index contributed by atoms with van der Waals surface area (Å²) in [7, 11) is 1.50. The second kappa shape index (κ2) is 8.99. The Hall–Kier alpha value is -4.57. The second-order valence-electron chi connectivity index (χ2n) is 8.03. The number of nitrogen functional groups attached to an aromatic ring is 1. The molecule has 0 aliphatic rings. The zero-order valence-electron chi connectivity index (χ0n) is 19.2. The second-order valence-corrected chi connectivity index (χ2v) is 8.03. The van der Waals surface area contributed by atoms with Gasteiger partial charge < -0.3 is 15.6 Å². The van der Waals surface area contributed by atoms with Crippen molar-refractivity contribution in [1.82, 2.24) is 29.1 Å². The summed E-state index contributed by atoms with van der Waals surface area (Å²) < 4.78 is 7.94. The minimum absolute atomic E-state index is 0.0131. The summed E-state index contributed by atoms with van der Waals surface area (Å²) in [6.45, 7) is 1.83. The molecule has 35 heavy (non-hydrogen) atoms. The number of rotatable bonds is 6. The molecule has 0 spiro atoms. The van der Waals surface area contributed by atoms with Crippen LogP contribution in [0, 0.1) is 6.92 Å². The molecule has 0 saturated carbocycles. The van der Waals surface area contributed by atoms with E-state index >= 15 is 0 Å². The highest BCUT2D eigenvalue weighted by Gasteiger charge is 2.22. The number of aliphatic hydroxyl groups is 1. The summed E-state index contributed by atoms with van der Waals surface area (Å²) in [5.41, 5.74) is 10.8. The number of fused-ring (bicyclic) bond motifs is 1. The summed E-state index contributed by atoms with van der Waals surface area (Å²) >= 11 is 0. The monoisotopic (exact) mass is 469 g/mol. The third-order valence-corrected chi connectivity index (χ3v) is 5.60. The summed E-state index contributed by atoms with van der Waals surface area (Å²) in [6, 6.07) is 16.7. The lowest BCUT2D eigenvalue weighted by Crippen LogP contribution is -2.24. The zero-order valence-corrected chi connectivity index (χ0v) is 19.2. The van der Waals surface area contributed by atoms with E-state index in [1.165, 1.54) is 16.2 Å². The lowest BCUT2D eigenvalue weighted by molar-refractivity contribution is 0.274. The van der Waals surface area contributed by atoms with E-state index in [2.05, 4.69) is 20.1 Å². The molecule has 176 valence electrons. The van der Waals surface area contributed by atoms with E-state index in [0.29, 0.717) is 39.7 Å². The molecule has 1 aromatic carbocycles. The molecule has 5 aromatic rings. The van der Waals surface area contributed by atoms with Gasteiger partial charge in [0, 0.05) is 17.8 Å². The van der Waals surface area contributed by atoms with Gasteiger partial charge in [0.2, 0.25) is 11.8 Å². The fraction of sp³-hybridized carbons (Fsp3) is 0.160. The van der Waals surface area contributed by atoms with Crippen molar-refractivity contribution in [1.29, 1.82) is 0 Å². The zero-order chi connectivity index (χ0) is 24.5. The van der Waals surface area contributed by atoms with E-state index < -0.39 is 5.69 Å². The molecule has 0 bridgehead atoms. The Morgan fingerprint density at radius 3 is 2.51 bits per heavy atom. The SMILES string of the molecule is COc1cc(-c2c(-c3ccccc3)nc(N)n3c(=O)n(Cc4ccc(C)cn4)nc23)cc(CO)n1. The smallest absolute Gasteiger partial charge is 0.353 e. The number of methoxy groups -OCH3 is 1. The van der Waals surface area contributed by atoms with Gasteiger partial charge in [0.15, 0.2) is 5.65 Å². The minimum Gasteiger partial charge on any atom is -0.481 e. The molecule has 4 aromatic heterocycles. The number of aromatic nitrogens is 6. The molecule has 0 aliphatic carbocycles. The normalized spacial score (nSPS) is 11.2. The number of hydrogen-bond donors (Lipinski definition) is 2. The number of aryl methyl sites for hydroxylation is 1. The quantitative estimate of drug-likeness (QED) is 0.387. The third kappa shape index (κ3) is 4.11. The van der Waals surface area contributed by atoms with Gasteiger partial charge in [-0.2, -0.15) is 0 Å². The molecule has 0 atom stereocenters. The Bertz CT molecular complexity index is 1550. The van der Waals surface area contributed by atoms with E-state index in [1.54, 1.807) is 18.3 Å². The van der Waals surface area contributed by atoms with Crippen LogP contribution in [0.25, 0.3) is 28.0 Å². The Kier molecular flexibility index (Phi) is 5.71. The van der Waals surface area contributed by atoms with E-state index in [4.69, 9.17) is 10.5 Å². The lowest BCUT2D eigenvalue weighted by Gasteiger charge is -2.13. The number of aliphatic hydroxyl groups excluding tert-OH is 1. The fourth-order valence-corrected chi connectivity index (χ4v) is 3.91. The maximum absolute atomic E-state index is 13.3. The van der Waals surface area contributed by atoms with Crippen LogP contribution in [0.2, 0.25) is 0 Å². The lowest BCUT2D eigenvalue weighted by atomic mass is 10.00. The summed E-state index contributed by atoms with van der Waals surface area (Å²) in [4.78, 5) is 26.6. The van der Waals surface area contributed by atoms with Gasteiger partial charge in [-0.3, -0.25) is 4.98 Å². The molecule has 3 N–H and O–H groups in total. The highest BCUT2D eigenvalue weighted by molar-refractivity contribution is 5.91. The van der Waals surface area contributed by atoms with Crippen LogP contribution in [0.5, 0.6) is 5.88 Å². The highest BCUT2D eigenvalue weighted by Crippen LogP contribution is 2.35. The minimum atomic E-state index is -0.434. The van der Waals surface area contributed by atoms with Crippen LogP contribution in [0.4, 0.5) is 5.95 Å². The number of pyridine rings is 2. The number of nitrogens with two attached hydrogens (primary N) is 1. The van der Waals surface area contributed by atoms with Gasteiger partial charge >= 0.3 is 5.69 Å². The number of hydrogen-bond acceptors (Lipinski definition) is 8. The van der Waals surface area contributed by atoms with Crippen LogP contribution in [-0.2, 0) is 13.2 Å². The summed E-state index contributed by atoms with van der Waals surface area (Å²) in [6.07, 6.45) is 1.74. The van der Waals surface area contributed by atoms with Crippen molar-refractivity contribution in [2.45, 2.75) is 20.1 Å². The Morgan fingerprint density at radius 1 is 1.03 bits per heavy atom. The van der Waals surface area contributed by atoms with Gasteiger partial charge in [-0.1, -0.05) is 36.4 Å². The van der Waals surface area contributed by atoms with Crippen molar-refractivity contribution in [3.8, 4) is 28.3 Å². The average Bonchev–Trinajstić information content (AvgIpc) is 3.21. The molecular formula is C25H23N7O3. The van der Waals surface area contributed by atoms with Gasteiger partial charge in [0.05, 0.1) is 42.9 Å². The predicted molar refractivity (Wildman–Crippen MR) is 131 cm³/mol. The highest BCUT2D eigenvalue weighted by atomic mass is 16.5. The van der Waals surface area contributed by atoms with Crippen LogP contribution in [0.3, 0.4) is 0 Å². The van der Waals surface area contributed by atoms with E-state index in [-0.39, 0.29) is 19.1 Å². The Balaban J connectivity index is 1.81. The van der Waals surface area contributed by atoms with Crippen molar-refractivity contribution in [2.75, 3.05) is 12.8 Å². The van der Waals surface area contributed by atoms with Crippen molar-refractivity contribution in [3.05, 3.63) is 88.2 Å². The molecule has 5 rings (SSSR count). The van der Waals surface area contributed by atoms with E-state index in [0.717, 1.165) is 11.1 Å². The molecule has 0 saturated heterocycles. The van der Waals surface area contributed by atoms with Crippen LogP contribution in [0.15, 0.2) is 65.6 Å². The number of benzene rings is 1. The molecule has 0 radical (unpaired) electrons. The topological polar surface area (TPSA) is 133 Å². The third-order valence-electron chi connectivity index (χ3n) is 5.60. The number of ether oxygens (including phenoxy) is 1. The predicted octanol–water partition coefficient (Wildman–Crippen LogP) is 2.45. The first-order valence-electron chi connectivity index (χ1n) is 10.9. The molecule has 10 heteroatoms. The first kappa shape index (κ1) is 22.2. The average molecular weight is 470 g/mol. The molecule has 0 aliphatic heterocycles. The summed E-state index contributed by atoms with van der Waals surface area (Å²) in [5.74, 6) is 0.324. The van der Waals surface area contributed by atoms with Crippen LogP contribution >= 0.6 is 0 Å². The van der Waals surface area contributed by atoms with Crippen molar-refractivity contribution in [3.63, 3.8) is 0 Å². The first-order valence-corrected chi connectivity index (χ1v) is 10.9. The van der Waals surface area contributed by atoms with Crippen molar-refractivity contribution < 1.29 is 9.84 Å². The van der Waals surface area contributed by atoms with Crippen molar-refractivity contribution >= 4 is 11.6 Å². The van der Waals surface area contributed by atoms with Gasteiger partial charge in [0.25, 0.3) is 0 Å². The maximum atomic E-state index is 13.3. The van der Waals surface area contributed by atoms with Crippen LogP contribution in [-0.4, -0.2) is 41.3 Å². The van der Waals surface area contributed by atoms with Gasteiger partial charge in [0.1, 0.15) is 0 Å². The first-order chi connectivity index (χ1) is 17.0. The van der Waals surface area contributed by atoms with Crippen molar-refractivity contribution in [2.24, 2.45) is 0 Å². The van der Waals surface area contributed by atoms with Gasteiger partial charge in [-0.25, -0.2) is 23.8 Å². The fourth-order valence-electron chi connectivity index (χ4n) is 3.91. The van der Waals surface area contributed by atoms with Crippen LogP contribution < -0.4 is 16.2 Å². The van der Waals surface area contributed by atoms with E-state index in [9.17, 15) is 9.90 Å². The van der Waals surface area contributed by atoms with E-state index in [1.807, 2.05) is 49.4 Å². The number of anilines is 1. The maximum Gasteiger partial charge on any atom is 0.353 e. The summed E-state index contributed by atoms with van der Waals surface area (Å²) in [5, 5.41) is 14.4. The van der Waals surface area contributed by atoms with Gasteiger partial charge in [-0.05, 0) is 30.2 Å². The molecule has 0 unspecified atom stereocenters. The Labute approximate surface area is 200 Å². The Morgan fingerprint density at radius 2 is 1.83 bits per heavy atom. The molecule has 0 fully saturated rings.